The topological polar surface area (TPSA) is 101 Å². The highest BCUT2D eigenvalue weighted by molar-refractivity contribution is 5.83. The Hall–Kier alpha value is -3.09. The normalized spacial score (nSPS) is 10.9. The van der Waals surface area contributed by atoms with E-state index in [1.54, 1.807) is 6.07 Å². The van der Waals surface area contributed by atoms with Gasteiger partial charge in [0.15, 0.2) is 0 Å². The second-order valence-electron chi connectivity index (χ2n) is 5.74. The molecule has 0 aliphatic heterocycles. The van der Waals surface area contributed by atoms with Crippen molar-refractivity contribution in [3.8, 4) is 11.4 Å². The van der Waals surface area contributed by atoms with Crippen LogP contribution < -0.4 is 10.6 Å². The number of nitrogens with zero attached hydrogens (tertiary/aromatic N) is 3. The van der Waals surface area contributed by atoms with Crippen molar-refractivity contribution in [3.63, 3.8) is 0 Å². The van der Waals surface area contributed by atoms with Crippen LogP contribution in [0, 0.1) is 10.1 Å². The third kappa shape index (κ3) is 2.88. The number of hydrogen-bond acceptors (Lipinski definition) is 5. The van der Waals surface area contributed by atoms with Crippen molar-refractivity contribution in [1.82, 2.24) is 9.97 Å². The molecule has 0 atom stereocenters. The smallest absolute Gasteiger partial charge is 0.292 e. The van der Waals surface area contributed by atoms with Gasteiger partial charge in [-0.1, -0.05) is 6.92 Å². The largest absolute Gasteiger partial charge is 0.393 e. The van der Waals surface area contributed by atoms with Crippen molar-refractivity contribution < 1.29 is 4.92 Å². The van der Waals surface area contributed by atoms with Crippen molar-refractivity contribution >= 4 is 28.1 Å². The predicted octanol–water partition coefficient (Wildman–Crippen LogP) is 3.57. The summed E-state index contributed by atoms with van der Waals surface area (Å²) in [6.45, 7) is 3.10. The molecule has 3 aromatic rings. The predicted molar refractivity (Wildman–Crippen MR) is 96.2 cm³/mol. The first kappa shape index (κ1) is 15.8. The SMILES string of the molecule is CCCN(C)c1ccc2[nH]c(-c3ccc(N)c([N+](=O)[O-])c3)nc2c1. The summed E-state index contributed by atoms with van der Waals surface area (Å²) in [5.74, 6) is 0.586. The summed E-state index contributed by atoms with van der Waals surface area (Å²) in [6, 6.07) is 10.7. The molecule has 1 heterocycles. The lowest BCUT2D eigenvalue weighted by Gasteiger charge is -2.17. The molecule has 0 bridgehead atoms. The van der Waals surface area contributed by atoms with E-state index in [0.717, 1.165) is 29.7 Å². The Morgan fingerprint density at radius 3 is 2.79 bits per heavy atom. The molecule has 1 aromatic heterocycles. The lowest BCUT2D eigenvalue weighted by molar-refractivity contribution is -0.383. The number of nitrogens with two attached hydrogens (primary N) is 1. The molecule has 0 aliphatic rings. The van der Waals surface area contributed by atoms with E-state index < -0.39 is 4.92 Å². The Morgan fingerprint density at radius 1 is 1.29 bits per heavy atom. The molecule has 2 aromatic carbocycles. The highest BCUT2D eigenvalue weighted by Gasteiger charge is 2.15. The number of anilines is 2. The van der Waals surface area contributed by atoms with Gasteiger partial charge in [0, 0.05) is 30.9 Å². The average molecular weight is 325 g/mol. The number of H-pyrrole nitrogens is 1. The van der Waals surface area contributed by atoms with Crippen LogP contribution in [0.1, 0.15) is 13.3 Å². The zero-order valence-electron chi connectivity index (χ0n) is 13.6. The molecule has 0 spiro atoms. The fraction of sp³-hybridized carbons (Fsp3) is 0.235. The number of aromatic amines is 1. The van der Waals surface area contributed by atoms with Gasteiger partial charge in [-0.25, -0.2) is 4.98 Å². The van der Waals surface area contributed by atoms with Crippen molar-refractivity contribution in [1.29, 1.82) is 0 Å². The molecule has 0 saturated heterocycles. The number of hydrogen-bond donors (Lipinski definition) is 2. The summed E-state index contributed by atoms with van der Waals surface area (Å²) in [5.41, 5.74) is 9.11. The van der Waals surface area contributed by atoms with Gasteiger partial charge >= 0.3 is 0 Å². The van der Waals surface area contributed by atoms with Crippen molar-refractivity contribution in [3.05, 3.63) is 46.5 Å². The summed E-state index contributed by atoms with van der Waals surface area (Å²) >= 11 is 0. The highest BCUT2D eigenvalue weighted by atomic mass is 16.6. The quantitative estimate of drug-likeness (QED) is 0.424. The number of nitro benzene ring substituents is 1. The van der Waals surface area contributed by atoms with E-state index in [2.05, 4.69) is 21.8 Å². The molecular weight excluding hydrogens is 306 g/mol. The maximum atomic E-state index is 11.0. The molecular formula is C17H19N5O2. The van der Waals surface area contributed by atoms with Gasteiger partial charge in [0.2, 0.25) is 0 Å². The summed E-state index contributed by atoms with van der Waals surface area (Å²) < 4.78 is 0. The number of nitrogens with one attached hydrogen (secondary N) is 1. The number of fused-ring (bicyclic) bond motifs is 1. The van der Waals surface area contributed by atoms with Gasteiger partial charge in [0.25, 0.3) is 5.69 Å². The van der Waals surface area contributed by atoms with Gasteiger partial charge in [-0.2, -0.15) is 0 Å². The van der Waals surface area contributed by atoms with Crippen LogP contribution in [0.5, 0.6) is 0 Å². The fourth-order valence-electron chi connectivity index (χ4n) is 2.68. The van der Waals surface area contributed by atoms with E-state index in [1.807, 2.05) is 25.2 Å². The summed E-state index contributed by atoms with van der Waals surface area (Å²) in [5, 5.41) is 11.0. The lowest BCUT2D eigenvalue weighted by atomic mass is 10.1. The minimum absolute atomic E-state index is 0.115. The van der Waals surface area contributed by atoms with E-state index in [9.17, 15) is 10.1 Å². The molecule has 0 fully saturated rings. The van der Waals surface area contributed by atoms with E-state index in [4.69, 9.17) is 5.73 Å². The number of nitro groups is 1. The Bertz CT molecular complexity index is 903. The number of aromatic nitrogens is 2. The van der Waals surface area contributed by atoms with Gasteiger partial charge in [-0.3, -0.25) is 10.1 Å². The van der Waals surface area contributed by atoms with Crippen molar-refractivity contribution in [2.24, 2.45) is 0 Å². The van der Waals surface area contributed by atoms with Gasteiger partial charge in [0.05, 0.1) is 16.0 Å². The first-order valence-corrected chi connectivity index (χ1v) is 7.74. The molecule has 7 heteroatoms. The van der Waals surface area contributed by atoms with Crippen molar-refractivity contribution in [2.75, 3.05) is 24.2 Å². The van der Waals surface area contributed by atoms with E-state index in [-0.39, 0.29) is 11.4 Å². The number of rotatable bonds is 5. The molecule has 0 saturated carbocycles. The van der Waals surface area contributed by atoms with Gasteiger partial charge < -0.3 is 15.6 Å². The zero-order valence-corrected chi connectivity index (χ0v) is 13.6. The molecule has 0 amide bonds. The number of imidazole rings is 1. The van der Waals surface area contributed by atoms with E-state index >= 15 is 0 Å². The first-order valence-electron chi connectivity index (χ1n) is 7.74. The third-order valence-corrected chi connectivity index (χ3v) is 3.97. The second-order valence-corrected chi connectivity index (χ2v) is 5.74. The van der Waals surface area contributed by atoms with Crippen LogP contribution in [0.4, 0.5) is 17.1 Å². The zero-order chi connectivity index (χ0) is 17.3. The van der Waals surface area contributed by atoms with E-state index in [1.165, 1.54) is 12.1 Å². The van der Waals surface area contributed by atoms with Crippen LogP contribution in [-0.2, 0) is 0 Å². The minimum atomic E-state index is -0.487. The summed E-state index contributed by atoms with van der Waals surface area (Å²) in [7, 11) is 2.04. The molecule has 0 aliphatic carbocycles. The molecule has 3 N–H and O–H groups in total. The monoisotopic (exact) mass is 325 g/mol. The number of benzene rings is 2. The maximum Gasteiger partial charge on any atom is 0.292 e. The Balaban J connectivity index is 2.02. The molecule has 124 valence electrons. The van der Waals surface area contributed by atoms with Crippen LogP contribution in [0.2, 0.25) is 0 Å². The molecule has 24 heavy (non-hydrogen) atoms. The second kappa shape index (κ2) is 6.19. The van der Waals surface area contributed by atoms with Crippen molar-refractivity contribution in [2.45, 2.75) is 13.3 Å². The first-order chi connectivity index (χ1) is 11.5. The average Bonchev–Trinajstić information content (AvgIpc) is 2.98. The molecule has 7 nitrogen and oxygen atoms in total. The van der Waals surface area contributed by atoms with E-state index in [0.29, 0.717) is 11.4 Å². The lowest BCUT2D eigenvalue weighted by Crippen LogP contribution is -2.17. The van der Waals surface area contributed by atoms with Crippen LogP contribution in [-0.4, -0.2) is 28.5 Å². The van der Waals surface area contributed by atoms with Crippen LogP contribution in [0.25, 0.3) is 22.4 Å². The minimum Gasteiger partial charge on any atom is -0.393 e. The van der Waals surface area contributed by atoms with Gasteiger partial charge in [-0.05, 0) is 36.8 Å². The van der Waals surface area contributed by atoms with Gasteiger partial charge in [-0.15, -0.1) is 0 Å². The summed E-state index contributed by atoms with van der Waals surface area (Å²) in [6.07, 6.45) is 1.06. The fourth-order valence-corrected chi connectivity index (χ4v) is 2.68. The Labute approximate surface area is 139 Å². The van der Waals surface area contributed by atoms with Crippen LogP contribution in [0.3, 0.4) is 0 Å². The molecule has 3 rings (SSSR count). The highest BCUT2D eigenvalue weighted by Crippen LogP contribution is 2.29. The standard InChI is InChI=1S/C17H19N5O2/c1-3-8-21(2)12-5-7-14-15(10-12)20-17(19-14)11-4-6-13(18)16(9-11)22(23)24/h4-7,9-10H,3,8,18H2,1-2H3,(H,19,20). The van der Waals surface area contributed by atoms with Crippen LogP contribution in [0.15, 0.2) is 36.4 Å². The Morgan fingerprint density at radius 2 is 2.08 bits per heavy atom. The Kier molecular flexibility index (Phi) is 4.07. The van der Waals surface area contributed by atoms with Gasteiger partial charge in [0.1, 0.15) is 11.5 Å². The summed E-state index contributed by atoms with van der Waals surface area (Å²) in [4.78, 5) is 20.5. The maximum absolute atomic E-state index is 11.0. The number of nitrogen functional groups attached to an aromatic ring is 1. The molecule has 0 unspecified atom stereocenters. The molecule has 0 radical (unpaired) electrons. The van der Waals surface area contributed by atoms with Crippen LogP contribution >= 0.6 is 0 Å². The third-order valence-electron chi connectivity index (χ3n) is 3.97.